The van der Waals surface area contributed by atoms with Crippen LogP contribution in [0.5, 0.6) is 0 Å². The Morgan fingerprint density at radius 3 is 2.87 bits per heavy atom. The number of β-lactam (4-membered cyclic amide) rings is 1. The molecule has 0 spiro atoms. The number of carboxylic acid groups (broad SMARTS) is 1. The molecular weight excluding hydrogens is 646 g/mol. The molecule has 2 aliphatic rings. The van der Waals surface area contributed by atoms with E-state index in [0.717, 1.165) is 27.1 Å². The van der Waals surface area contributed by atoms with Crippen molar-refractivity contribution in [2.24, 2.45) is 10.9 Å². The molecular formula is C27H24ClN9O6S2. The predicted molar refractivity (Wildman–Crippen MR) is 163 cm³/mol. The summed E-state index contributed by atoms with van der Waals surface area (Å²) in [6.07, 6.45) is 7.01. The first-order valence-corrected chi connectivity index (χ1v) is 15.4. The number of halogens is 1. The number of amides is 2. The molecule has 0 radical (unpaired) electrons. The first-order chi connectivity index (χ1) is 21.5. The number of hydrogen-bond acceptors (Lipinski definition) is 12. The molecule has 0 aromatic carbocycles. The molecule has 1 fully saturated rings. The van der Waals surface area contributed by atoms with E-state index in [9.17, 15) is 19.5 Å². The van der Waals surface area contributed by atoms with E-state index in [1.54, 1.807) is 6.07 Å². The second-order valence-corrected chi connectivity index (χ2v) is 12.8. The third-order valence-electron chi connectivity index (χ3n) is 7.19. The number of anilines is 1. The Balaban J connectivity index is 1.21. The van der Waals surface area contributed by atoms with Crippen molar-refractivity contribution in [2.75, 3.05) is 18.6 Å². The first-order valence-electron chi connectivity index (χ1n) is 13.2. The lowest BCUT2D eigenvalue weighted by molar-refractivity contribution is -0.687. The van der Waals surface area contributed by atoms with E-state index in [0.29, 0.717) is 23.4 Å². The zero-order valence-corrected chi connectivity index (χ0v) is 25.7. The van der Waals surface area contributed by atoms with E-state index in [4.69, 9.17) is 37.7 Å². The van der Waals surface area contributed by atoms with Crippen LogP contribution >= 0.6 is 34.7 Å². The Bertz CT molecular complexity index is 1950. The lowest BCUT2D eigenvalue weighted by Gasteiger charge is -2.50. The summed E-state index contributed by atoms with van der Waals surface area (Å²) in [5.41, 5.74) is 12.5. The van der Waals surface area contributed by atoms with Gasteiger partial charge in [-0.05, 0) is 12.1 Å². The molecule has 45 heavy (non-hydrogen) atoms. The van der Waals surface area contributed by atoms with Crippen molar-refractivity contribution >= 4 is 80.1 Å². The molecule has 2 aliphatic heterocycles. The van der Waals surface area contributed by atoms with Gasteiger partial charge in [-0.15, -0.1) is 11.8 Å². The van der Waals surface area contributed by atoms with Gasteiger partial charge in [-0.2, -0.15) is 4.57 Å². The van der Waals surface area contributed by atoms with Gasteiger partial charge < -0.3 is 40.5 Å². The fraction of sp³-hybridized carbons (Fsp3) is 0.222. The van der Waals surface area contributed by atoms with E-state index in [2.05, 4.69) is 15.5 Å². The quantitative estimate of drug-likeness (QED) is 0.0582. The second-order valence-electron chi connectivity index (χ2n) is 10.0. The fourth-order valence-corrected chi connectivity index (χ4v) is 7.41. The minimum Gasteiger partial charge on any atom is -0.543 e. The summed E-state index contributed by atoms with van der Waals surface area (Å²) in [5.74, 6) is -2.10. The number of nitrogens with zero attached hydrogens (tertiary/aromatic N) is 5. The summed E-state index contributed by atoms with van der Waals surface area (Å²) in [5, 5.41) is 26.6. The van der Waals surface area contributed by atoms with E-state index in [1.807, 2.05) is 39.9 Å². The van der Waals surface area contributed by atoms with Gasteiger partial charge in [0.1, 0.15) is 51.9 Å². The maximum Gasteiger partial charge on any atom is 0.276 e. The van der Waals surface area contributed by atoms with Gasteiger partial charge in [-0.1, -0.05) is 28.1 Å². The highest BCUT2D eigenvalue weighted by Crippen LogP contribution is 2.40. The van der Waals surface area contributed by atoms with Crippen LogP contribution < -0.4 is 26.5 Å². The number of nitrogens with one attached hydrogen (secondary N) is 2. The highest BCUT2D eigenvalue weighted by Gasteiger charge is 2.53. The van der Waals surface area contributed by atoms with Gasteiger partial charge in [-0.25, -0.2) is 4.98 Å². The Hall–Kier alpha value is -4.87. The topological polar surface area (TPSA) is 222 Å². The third kappa shape index (κ3) is 5.60. The Labute approximate surface area is 267 Å². The number of aromatic nitrogens is 3. The number of amidine groups is 1. The normalized spacial score (nSPS) is 18.1. The smallest absolute Gasteiger partial charge is 0.276 e. The minimum absolute atomic E-state index is 0.00107. The molecule has 0 aliphatic carbocycles. The van der Waals surface area contributed by atoms with Crippen LogP contribution in [0, 0.1) is 5.41 Å². The Morgan fingerprint density at radius 2 is 2.20 bits per heavy atom. The number of nitrogens with two attached hydrogens (primary N) is 2. The number of fused-ring (bicyclic) bond motifs is 2. The van der Waals surface area contributed by atoms with Gasteiger partial charge >= 0.3 is 0 Å². The summed E-state index contributed by atoms with van der Waals surface area (Å²) >= 11 is 8.40. The number of pyridine rings is 1. The lowest BCUT2D eigenvalue weighted by atomic mass is 10.0. The molecule has 0 saturated carbocycles. The molecule has 1 saturated heterocycles. The highest BCUT2D eigenvalue weighted by atomic mass is 35.5. The molecule has 2 atom stereocenters. The van der Waals surface area contributed by atoms with Gasteiger partial charge in [0, 0.05) is 29.0 Å². The molecule has 18 heteroatoms. The van der Waals surface area contributed by atoms with Crippen molar-refractivity contribution in [1.29, 1.82) is 5.41 Å². The van der Waals surface area contributed by atoms with Crippen LogP contribution in [0.15, 0.2) is 63.9 Å². The Kier molecular flexibility index (Phi) is 7.98. The van der Waals surface area contributed by atoms with Crippen LogP contribution in [-0.2, 0) is 32.3 Å². The summed E-state index contributed by atoms with van der Waals surface area (Å²) in [4.78, 5) is 48.6. The number of furan rings is 1. The summed E-state index contributed by atoms with van der Waals surface area (Å²) < 4.78 is 9.43. The molecule has 2 amide bonds. The fourth-order valence-electron chi connectivity index (χ4n) is 5.15. The number of carbonyl (C=O) groups excluding carboxylic acids is 3. The number of oxime groups is 1. The van der Waals surface area contributed by atoms with Crippen molar-refractivity contribution in [3.8, 4) is 0 Å². The van der Waals surface area contributed by atoms with E-state index >= 15 is 0 Å². The number of rotatable bonds is 10. The third-order valence-corrected chi connectivity index (χ3v) is 9.61. The van der Waals surface area contributed by atoms with Crippen molar-refractivity contribution in [3.63, 3.8) is 0 Å². The number of carboxylic acids is 1. The average molecular weight is 670 g/mol. The number of carbonyl (C=O) groups is 3. The van der Waals surface area contributed by atoms with Crippen LogP contribution in [0.4, 0.5) is 5.13 Å². The highest BCUT2D eigenvalue weighted by molar-refractivity contribution is 8.00. The van der Waals surface area contributed by atoms with Gasteiger partial charge in [-0.3, -0.25) is 19.9 Å². The molecule has 15 nitrogen and oxygen atoms in total. The monoisotopic (exact) mass is 669 g/mol. The number of thioether (sulfide) groups is 1. The SMILES string of the molecule is CON=C(C(=O)N[C@@H]1C(=O)N2C(C(=O)[O-])=C(C[n+]3ccc4ccn(Cc5cc(C(=N)N)co5)c4c3)CS[C@H]12)c1nc(N)sc1Cl. The summed E-state index contributed by atoms with van der Waals surface area (Å²) in [7, 11) is 1.24. The molecule has 6 N–H and O–H groups in total. The average Bonchev–Trinajstić information content (AvgIpc) is 3.73. The molecule has 0 bridgehead atoms. The standard InChI is InChI=1S/C27H24ClN9O6S2/c1-42-34-18(17-21(28)45-27(31)33-17)23(38)32-19-24(39)37-20(26(40)41)14(11-44-25(19)37)7-35-4-2-12-3-5-36(16(12)9-35)8-15-6-13(10-43-15)22(29)30/h2-6,9-10,19,25H,7-8,11H2,1H3,(H6-,29,30,31,32,33,38,40,41)/t19-,25-/m1/s1. The maximum atomic E-state index is 13.2. The van der Waals surface area contributed by atoms with Crippen LogP contribution in [0.3, 0.4) is 0 Å². The first kappa shape index (κ1) is 30.2. The second kappa shape index (κ2) is 11.9. The molecule has 4 aromatic heterocycles. The Morgan fingerprint density at radius 1 is 1.40 bits per heavy atom. The van der Waals surface area contributed by atoms with E-state index in [1.165, 1.54) is 25.1 Å². The van der Waals surface area contributed by atoms with Gasteiger partial charge in [0.25, 0.3) is 11.8 Å². The van der Waals surface area contributed by atoms with Crippen molar-refractivity contribution in [3.05, 3.63) is 75.7 Å². The minimum atomic E-state index is -1.50. The predicted octanol–water partition coefficient (Wildman–Crippen LogP) is 0.000870. The van der Waals surface area contributed by atoms with Crippen LogP contribution in [-0.4, -0.2) is 68.1 Å². The zero-order valence-electron chi connectivity index (χ0n) is 23.4. The summed E-state index contributed by atoms with van der Waals surface area (Å²) in [6, 6.07) is 4.50. The number of thiazole rings is 1. The number of hydrogen-bond donors (Lipinski definition) is 4. The molecule has 232 valence electrons. The van der Waals surface area contributed by atoms with E-state index in [-0.39, 0.29) is 44.7 Å². The van der Waals surface area contributed by atoms with E-state index < -0.39 is 29.2 Å². The summed E-state index contributed by atoms with van der Waals surface area (Å²) in [6.45, 7) is 0.564. The lowest BCUT2D eigenvalue weighted by Crippen LogP contribution is -2.71. The van der Waals surface area contributed by atoms with Gasteiger partial charge in [0.2, 0.25) is 0 Å². The van der Waals surface area contributed by atoms with Gasteiger partial charge in [0.05, 0.1) is 23.8 Å². The molecule has 6 rings (SSSR count). The largest absolute Gasteiger partial charge is 0.543 e. The van der Waals surface area contributed by atoms with Crippen molar-refractivity contribution in [1.82, 2.24) is 19.8 Å². The van der Waals surface area contributed by atoms with Crippen molar-refractivity contribution < 1.29 is 33.3 Å². The molecule has 0 unspecified atom stereocenters. The van der Waals surface area contributed by atoms with Crippen LogP contribution in [0.1, 0.15) is 17.0 Å². The molecule has 6 heterocycles. The number of aliphatic carboxylic acids is 1. The number of nitrogen functional groups attached to an aromatic ring is 2. The zero-order chi connectivity index (χ0) is 32.0. The van der Waals surface area contributed by atoms with Gasteiger partial charge in [0.15, 0.2) is 29.8 Å². The van der Waals surface area contributed by atoms with Crippen LogP contribution in [0.25, 0.3) is 10.9 Å². The maximum absolute atomic E-state index is 13.2. The van der Waals surface area contributed by atoms with Crippen molar-refractivity contribution in [2.45, 2.75) is 24.5 Å². The molecule has 4 aromatic rings. The van der Waals surface area contributed by atoms with Crippen LogP contribution in [0.2, 0.25) is 4.34 Å².